The fourth-order valence-electron chi connectivity index (χ4n) is 5.74. The Labute approximate surface area is 198 Å². The molecule has 2 aromatic carbocycles. The first-order valence-electron chi connectivity index (χ1n) is 11.5. The predicted molar refractivity (Wildman–Crippen MR) is 123 cm³/mol. The molecule has 1 N–H and O–H groups in total. The molecule has 174 valence electrons. The smallest absolute Gasteiger partial charge is 0.258 e. The van der Waals surface area contributed by atoms with E-state index in [1.165, 1.54) is 34.9 Å². The molecular weight excluding hydrogens is 443 g/mol. The van der Waals surface area contributed by atoms with Crippen molar-refractivity contribution in [3.8, 4) is 5.75 Å². The van der Waals surface area contributed by atoms with Crippen LogP contribution >= 0.6 is 11.6 Å². The molecule has 0 spiro atoms. The number of carbonyl (C=O) groups excluding carboxylic acids is 2. The highest BCUT2D eigenvalue weighted by molar-refractivity contribution is 6.30. The second-order valence-corrected chi connectivity index (χ2v) is 10.3. The van der Waals surface area contributed by atoms with Crippen LogP contribution in [0.15, 0.2) is 36.4 Å². The molecule has 1 aliphatic heterocycles. The monoisotopic (exact) mass is 470 g/mol. The van der Waals surface area contributed by atoms with Gasteiger partial charge in [-0.2, -0.15) is 0 Å². The van der Waals surface area contributed by atoms with Gasteiger partial charge in [-0.1, -0.05) is 35.4 Å². The first-order valence-corrected chi connectivity index (χ1v) is 11.9. The van der Waals surface area contributed by atoms with Crippen LogP contribution in [0.25, 0.3) is 0 Å². The highest BCUT2D eigenvalue weighted by Gasteiger charge is 2.54. The standard InChI is InChI=1S/C26H28ClFN2O3/c1-17-2-3-18-14-30(15-19(18)12-17)24(32)25-6-9-26(10-7-25,11-8-25)29-23(31)16-33-20-4-5-21(27)22(28)13-20/h2-5,12-13H,6-11,14-16H2,1H3,(H,29,31). The number of fused-ring (bicyclic) bond motifs is 4. The van der Waals surface area contributed by atoms with Crippen molar-refractivity contribution < 1.29 is 18.7 Å². The van der Waals surface area contributed by atoms with Crippen LogP contribution in [0.4, 0.5) is 4.39 Å². The van der Waals surface area contributed by atoms with Gasteiger partial charge in [-0.05, 0) is 68.7 Å². The number of hydrogen-bond donors (Lipinski definition) is 1. The van der Waals surface area contributed by atoms with Gasteiger partial charge in [-0.15, -0.1) is 0 Å². The van der Waals surface area contributed by atoms with Crippen LogP contribution in [0.2, 0.25) is 5.02 Å². The van der Waals surface area contributed by atoms with E-state index < -0.39 is 5.82 Å². The number of carbonyl (C=O) groups is 2. The lowest BCUT2D eigenvalue weighted by Gasteiger charge is -2.53. The molecule has 7 heteroatoms. The highest BCUT2D eigenvalue weighted by Crippen LogP contribution is 2.53. The molecule has 4 aliphatic rings. The number of nitrogens with zero attached hydrogens (tertiary/aromatic N) is 1. The van der Waals surface area contributed by atoms with E-state index in [1.807, 2.05) is 4.90 Å². The molecule has 2 amide bonds. The molecule has 3 aliphatic carbocycles. The van der Waals surface area contributed by atoms with Crippen molar-refractivity contribution in [3.05, 3.63) is 63.9 Å². The largest absolute Gasteiger partial charge is 0.484 e. The van der Waals surface area contributed by atoms with Gasteiger partial charge in [0.25, 0.3) is 5.91 Å². The molecule has 6 rings (SSSR count). The minimum Gasteiger partial charge on any atom is -0.484 e. The number of rotatable bonds is 5. The van der Waals surface area contributed by atoms with E-state index in [1.54, 1.807) is 0 Å². The molecule has 0 aromatic heterocycles. The molecule has 0 unspecified atom stereocenters. The van der Waals surface area contributed by atoms with Crippen LogP contribution in [0.3, 0.4) is 0 Å². The number of ether oxygens (including phenoxy) is 1. The Bertz CT molecular complexity index is 1090. The third kappa shape index (κ3) is 4.21. The number of nitrogens with one attached hydrogen (secondary N) is 1. The first kappa shape index (κ1) is 22.2. The number of hydrogen-bond acceptors (Lipinski definition) is 3. The van der Waals surface area contributed by atoms with Crippen LogP contribution in [-0.2, 0) is 22.7 Å². The van der Waals surface area contributed by atoms with Gasteiger partial charge in [-0.25, -0.2) is 4.39 Å². The maximum Gasteiger partial charge on any atom is 0.258 e. The van der Waals surface area contributed by atoms with E-state index in [2.05, 4.69) is 30.4 Å². The number of amides is 2. The highest BCUT2D eigenvalue weighted by atomic mass is 35.5. The fraction of sp³-hybridized carbons (Fsp3) is 0.462. The van der Waals surface area contributed by atoms with Crippen LogP contribution in [0.1, 0.15) is 55.2 Å². The normalized spacial score (nSPS) is 25.6. The average Bonchev–Trinajstić information content (AvgIpc) is 3.23. The molecule has 2 bridgehead atoms. The Morgan fingerprint density at radius 1 is 1.03 bits per heavy atom. The molecule has 3 saturated carbocycles. The van der Waals surface area contributed by atoms with Gasteiger partial charge in [0.05, 0.1) is 5.02 Å². The molecular formula is C26H28ClFN2O3. The number of benzene rings is 2. The Morgan fingerprint density at radius 3 is 2.42 bits per heavy atom. The molecule has 3 fully saturated rings. The second-order valence-electron chi connectivity index (χ2n) is 9.91. The Kier molecular flexibility index (Phi) is 5.60. The number of halogens is 2. The summed E-state index contributed by atoms with van der Waals surface area (Å²) < 4.78 is 19.0. The van der Waals surface area contributed by atoms with Crippen LogP contribution in [0.5, 0.6) is 5.75 Å². The third-order valence-electron chi connectivity index (χ3n) is 7.74. The quantitative estimate of drug-likeness (QED) is 0.675. The summed E-state index contributed by atoms with van der Waals surface area (Å²) in [5.74, 6) is -0.270. The van der Waals surface area contributed by atoms with Crippen molar-refractivity contribution in [1.82, 2.24) is 10.2 Å². The van der Waals surface area contributed by atoms with Crippen LogP contribution in [-0.4, -0.2) is 28.9 Å². The molecule has 33 heavy (non-hydrogen) atoms. The Morgan fingerprint density at radius 2 is 1.73 bits per heavy atom. The molecule has 1 heterocycles. The van der Waals surface area contributed by atoms with Crippen LogP contribution < -0.4 is 10.1 Å². The maximum atomic E-state index is 13.6. The summed E-state index contributed by atoms with van der Waals surface area (Å²) in [7, 11) is 0. The van der Waals surface area contributed by atoms with Gasteiger partial charge in [-0.3, -0.25) is 9.59 Å². The molecule has 5 nitrogen and oxygen atoms in total. The predicted octanol–water partition coefficient (Wildman–Crippen LogP) is 4.92. The minimum absolute atomic E-state index is 0.0149. The van der Waals surface area contributed by atoms with Gasteiger partial charge in [0, 0.05) is 30.1 Å². The van der Waals surface area contributed by atoms with Gasteiger partial charge in [0.1, 0.15) is 11.6 Å². The second kappa shape index (κ2) is 8.32. The topological polar surface area (TPSA) is 58.6 Å². The summed E-state index contributed by atoms with van der Waals surface area (Å²) in [5.41, 5.74) is 3.15. The summed E-state index contributed by atoms with van der Waals surface area (Å²) in [4.78, 5) is 28.1. The van der Waals surface area contributed by atoms with Crippen molar-refractivity contribution in [2.24, 2.45) is 5.41 Å². The van der Waals surface area contributed by atoms with Crippen LogP contribution in [0, 0.1) is 18.2 Å². The zero-order valence-corrected chi connectivity index (χ0v) is 19.5. The lowest BCUT2D eigenvalue weighted by molar-refractivity contribution is -0.151. The SMILES string of the molecule is Cc1ccc2c(c1)CN(C(=O)C13CCC(NC(=O)COc4ccc(Cl)c(F)c4)(CC1)CC3)C2. The van der Waals surface area contributed by atoms with Crippen molar-refractivity contribution in [1.29, 1.82) is 0 Å². The Balaban J connectivity index is 1.16. The van der Waals surface area contributed by atoms with Gasteiger partial charge < -0.3 is 15.0 Å². The van der Waals surface area contributed by atoms with Crippen molar-refractivity contribution in [2.45, 2.75) is 64.1 Å². The lowest BCUT2D eigenvalue weighted by Crippen LogP contribution is -2.60. The van der Waals surface area contributed by atoms with Crippen molar-refractivity contribution in [3.63, 3.8) is 0 Å². The van der Waals surface area contributed by atoms with E-state index in [9.17, 15) is 14.0 Å². The maximum absolute atomic E-state index is 13.6. The van der Waals surface area contributed by atoms with E-state index in [4.69, 9.17) is 16.3 Å². The van der Waals surface area contributed by atoms with Crippen molar-refractivity contribution >= 4 is 23.4 Å². The summed E-state index contributed by atoms with van der Waals surface area (Å²) in [5, 5.41) is 3.17. The molecule has 0 radical (unpaired) electrons. The minimum atomic E-state index is -0.579. The van der Waals surface area contributed by atoms with Gasteiger partial charge in [0.2, 0.25) is 5.91 Å². The summed E-state index contributed by atoms with van der Waals surface area (Å²) in [6.07, 6.45) is 4.75. The fourth-order valence-corrected chi connectivity index (χ4v) is 5.86. The molecule has 0 saturated heterocycles. The summed E-state index contributed by atoms with van der Waals surface area (Å²) >= 11 is 5.68. The Hall–Kier alpha value is -2.60. The van der Waals surface area contributed by atoms with E-state index in [0.717, 1.165) is 38.5 Å². The lowest BCUT2D eigenvalue weighted by atomic mass is 9.56. The molecule has 0 atom stereocenters. The van der Waals surface area contributed by atoms with Gasteiger partial charge >= 0.3 is 0 Å². The molecule has 2 aromatic rings. The summed E-state index contributed by atoms with van der Waals surface area (Å²) in [6.45, 7) is 3.29. The zero-order chi connectivity index (χ0) is 23.2. The zero-order valence-electron chi connectivity index (χ0n) is 18.8. The number of aryl methyl sites for hydroxylation is 1. The average molecular weight is 471 g/mol. The van der Waals surface area contributed by atoms with E-state index >= 15 is 0 Å². The van der Waals surface area contributed by atoms with Crippen molar-refractivity contribution in [2.75, 3.05) is 6.61 Å². The third-order valence-corrected chi connectivity index (χ3v) is 8.04. The van der Waals surface area contributed by atoms with Gasteiger partial charge in [0.15, 0.2) is 6.61 Å². The van der Waals surface area contributed by atoms with E-state index in [-0.39, 0.29) is 40.1 Å². The van der Waals surface area contributed by atoms with E-state index in [0.29, 0.717) is 13.1 Å². The summed E-state index contributed by atoms with van der Waals surface area (Å²) in [6, 6.07) is 10.5. The first-order chi connectivity index (χ1) is 15.8.